The average Bonchev–Trinajstić information content (AvgIpc) is 2.44. The second kappa shape index (κ2) is 7.46. The average molecular weight is 284 g/mol. The van der Waals surface area contributed by atoms with Crippen molar-refractivity contribution in [3.8, 4) is 0 Å². The molecule has 0 bridgehead atoms. The van der Waals surface area contributed by atoms with Crippen molar-refractivity contribution in [3.63, 3.8) is 0 Å². The quantitative estimate of drug-likeness (QED) is 0.595. The van der Waals surface area contributed by atoms with Crippen LogP contribution >= 0.6 is 0 Å². The third-order valence-electron chi connectivity index (χ3n) is 3.88. The fraction of sp³-hybridized carbons (Fsp3) is 1.00. The van der Waals surface area contributed by atoms with E-state index in [9.17, 15) is 17.6 Å². The zero-order valence-electron chi connectivity index (χ0n) is 11.7. The van der Waals surface area contributed by atoms with Crippen LogP contribution in [0.4, 0.5) is 17.6 Å². The Labute approximate surface area is 112 Å². The smallest absolute Gasteiger partial charge is 0.314 e. The third-order valence-corrected chi connectivity index (χ3v) is 3.88. The number of rotatable bonds is 7. The Hall–Kier alpha value is -0.320. The van der Waals surface area contributed by atoms with Gasteiger partial charge < -0.3 is 4.74 Å². The molecular weight excluding hydrogens is 260 g/mol. The van der Waals surface area contributed by atoms with E-state index in [4.69, 9.17) is 0 Å². The van der Waals surface area contributed by atoms with Gasteiger partial charge in [0.05, 0.1) is 12.0 Å². The minimum Gasteiger partial charge on any atom is -0.314 e. The Kier molecular flexibility index (Phi) is 6.57. The molecule has 0 radical (unpaired) electrons. The zero-order valence-corrected chi connectivity index (χ0v) is 11.7. The van der Waals surface area contributed by atoms with E-state index in [2.05, 4.69) is 4.74 Å². The fourth-order valence-electron chi connectivity index (χ4n) is 2.57. The van der Waals surface area contributed by atoms with Crippen LogP contribution in [0.1, 0.15) is 58.8 Å². The summed E-state index contributed by atoms with van der Waals surface area (Å²) in [6.45, 7) is 3.03. The minimum absolute atomic E-state index is 0.0317. The summed E-state index contributed by atoms with van der Waals surface area (Å²) in [4.78, 5) is 0. The molecule has 1 saturated carbocycles. The molecule has 3 atom stereocenters. The lowest BCUT2D eigenvalue weighted by Gasteiger charge is -2.33. The van der Waals surface area contributed by atoms with E-state index in [-0.39, 0.29) is 12.8 Å². The van der Waals surface area contributed by atoms with Crippen molar-refractivity contribution in [2.24, 2.45) is 5.92 Å². The Bertz CT molecular complexity index is 254. The Morgan fingerprint density at radius 3 is 2.11 bits per heavy atom. The van der Waals surface area contributed by atoms with Crippen LogP contribution in [-0.2, 0) is 4.74 Å². The number of hydrogen-bond donors (Lipinski definition) is 0. The molecule has 1 rings (SSSR count). The van der Waals surface area contributed by atoms with Gasteiger partial charge in [-0.05, 0) is 25.7 Å². The van der Waals surface area contributed by atoms with Crippen molar-refractivity contribution in [2.75, 3.05) is 0 Å². The maximum Gasteiger partial charge on any atom is 0.358 e. The highest BCUT2D eigenvalue weighted by atomic mass is 19.3. The van der Waals surface area contributed by atoms with Crippen molar-refractivity contribution >= 4 is 0 Å². The summed E-state index contributed by atoms with van der Waals surface area (Å²) in [7, 11) is 0. The van der Waals surface area contributed by atoms with E-state index in [1.54, 1.807) is 0 Å². The number of ether oxygens (including phenoxy) is 1. The first-order valence-corrected chi connectivity index (χ1v) is 7.26. The van der Waals surface area contributed by atoms with Crippen LogP contribution in [0.3, 0.4) is 0 Å². The SMILES string of the molecule is CCC(F)C(F)C(CC)OC(F)(F)C1CCCCC1. The highest BCUT2D eigenvalue weighted by molar-refractivity contribution is 4.80. The summed E-state index contributed by atoms with van der Waals surface area (Å²) < 4.78 is 59.6. The molecule has 0 amide bonds. The van der Waals surface area contributed by atoms with Crippen molar-refractivity contribution in [1.82, 2.24) is 0 Å². The van der Waals surface area contributed by atoms with Crippen LogP contribution in [0.15, 0.2) is 0 Å². The summed E-state index contributed by atoms with van der Waals surface area (Å²) in [5.41, 5.74) is 0. The van der Waals surface area contributed by atoms with Crippen molar-refractivity contribution in [3.05, 3.63) is 0 Å². The Morgan fingerprint density at radius 2 is 1.63 bits per heavy atom. The summed E-state index contributed by atoms with van der Waals surface area (Å²) in [5.74, 6) is -0.859. The Morgan fingerprint density at radius 1 is 1.05 bits per heavy atom. The van der Waals surface area contributed by atoms with Crippen LogP contribution < -0.4 is 0 Å². The number of alkyl halides is 4. The molecule has 0 aromatic carbocycles. The molecule has 0 saturated heterocycles. The molecule has 0 heterocycles. The molecule has 5 heteroatoms. The summed E-state index contributed by atoms with van der Waals surface area (Å²) >= 11 is 0. The summed E-state index contributed by atoms with van der Waals surface area (Å²) in [6, 6.07) is 0. The maximum atomic E-state index is 14.0. The van der Waals surface area contributed by atoms with Crippen molar-refractivity contribution in [1.29, 1.82) is 0 Å². The monoisotopic (exact) mass is 284 g/mol. The van der Waals surface area contributed by atoms with E-state index in [1.807, 2.05) is 0 Å². The largest absolute Gasteiger partial charge is 0.358 e. The first-order chi connectivity index (χ1) is 8.92. The molecule has 114 valence electrons. The third kappa shape index (κ3) is 4.62. The van der Waals surface area contributed by atoms with E-state index >= 15 is 0 Å². The molecule has 1 aliphatic carbocycles. The van der Waals surface area contributed by atoms with Gasteiger partial charge in [0, 0.05) is 0 Å². The molecule has 0 aliphatic heterocycles. The van der Waals surface area contributed by atoms with Crippen LogP contribution in [0.2, 0.25) is 0 Å². The highest BCUT2D eigenvalue weighted by Gasteiger charge is 2.45. The molecule has 3 unspecified atom stereocenters. The number of hydrogen-bond acceptors (Lipinski definition) is 1. The van der Waals surface area contributed by atoms with Crippen LogP contribution in [0.5, 0.6) is 0 Å². The highest BCUT2D eigenvalue weighted by Crippen LogP contribution is 2.39. The molecule has 1 nitrogen and oxygen atoms in total. The second-order valence-electron chi connectivity index (χ2n) is 5.33. The lowest BCUT2D eigenvalue weighted by atomic mass is 9.88. The molecule has 1 aliphatic rings. The van der Waals surface area contributed by atoms with Gasteiger partial charge in [-0.2, -0.15) is 8.78 Å². The molecule has 0 spiro atoms. The van der Waals surface area contributed by atoms with Gasteiger partial charge in [-0.1, -0.05) is 33.1 Å². The van der Waals surface area contributed by atoms with Crippen LogP contribution in [-0.4, -0.2) is 24.6 Å². The van der Waals surface area contributed by atoms with Gasteiger partial charge in [0.1, 0.15) is 6.17 Å². The molecule has 1 fully saturated rings. The molecule has 0 aromatic heterocycles. The predicted molar refractivity (Wildman–Crippen MR) is 66.8 cm³/mol. The van der Waals surface area contributed by atoms with E-state index in [0.717, 1.165) is 19.3 Å². The second-order valence-corrected chi connectivity index (χ2v) is 5.33. The predicted octanol–water partition coefficient (Wildman–Crippen LogP) is 5.04. The maximum absolute atomic E-state index is 14.0. The van der Waals surface area contributed by atoms with Gasteiger partial charge in [-0.15, -0.1) is 0 Å². The van der Waals surface area contributed by atoms with E-state index in [1.165, 1.54) is 13.8 Å². The van der Waals surface area contributed by atoms with Crippen LogP contribution in [0, 0.1) is 5.92 Å². The molecular formula is C14H24F4O. The Balaban J connectivity index is 2.61. The molecule has 19 heavy (non-hydrogen) atoms. The molecule has 0 aromatic rings. The number of halogens is 4. The standard InChI is InChI=1S/C14H24F4O/c1-3-11(15)13(16)12(4-2)19-14(17,18)10-8-6-5-7-9-10/h10-13H,3-9H2,1-2H3. The van der Waals surface area contributed by atoms with Crippen molar-refractivity contribution < 1.29 is 22.3 Å². The minimum atomic E-state index is -3.35. The van der Waals surface area contributed by atoms with Gasteiger partial charge >= 0.3 is 6.11 Å². The fourth-order valence-corrected chi connectivity index (χ4v) is 2.57. The lowest BCUT2D eigenvalue weighted by Crippen LogP contribution is -2.42. The first-order valence-electron chi connectivity index (χ1n) is 7.26. The molecule has 0 N–H and O–H groups in total. The normalized spacial score (nSPS) is 23.1. The van der Waals surface area contributed by atoms with Gasteiger partial charge in [0.15, 0.2) is 6.17 Å². The lowest BCUT2D eigenvalue weighted by molar-refractivity contribution is -0.306. The van der Waals surface area contributed by atoms with Crippen molar-refractivity contribution in [2.45, 2.75) is 83.3 Å². The summed E-state index contributed by atoms with van der Waals surface area (Å²) in [6.07, 6.45) is -5.18. The summed E-state index contributed by atoms with van der Waals surface area (Å²) in [5, 5.41) is 0. The topological polar surface area (TPSA) is 9.23 Å². The van der Waals surface area contributed by atoms with E-state index < -0.39 is 30.5 Å². The zero-order chi connectivity index (χ0) is 14.5. The van der Waals surface area contributed by atoms with Gasteiger partial charge in [0.25, 0.3) is 0 Å². The van der Waals surface area contributed by atoms with Gasteiger partial charge in [0.2, 0.25) is 0 Å². The first kappa shape index (κ1) is 16.7. The van der Waals surface area contributed by atoms with E-state index in [0.29, 0.717) is 12.8 Å². The van der Waals surface area contributed by atoms with Gasteiger partial charge in [-0.3, -0.25) is 0 Å². The van der Waals surface area contributed by atoms with Crippen LogP contribution in [0.25, 0.3) is 0 Å². The van der Waals surface area contributed by atoms with Gasteiger partial charge in [-0.25, -0.2) is 8.78 Å².